The number of hydrogen-bond donors (Lipinski definition) is 2. The first-order chi connectivity index (χ1) is 8.99. The summed E-state index contributed by atoms with van der Waals surface area (Å²) < 4.78 is 0. The second-order valence-corrected chi connectivity index (χ2v) is 4.85. The molecule has 98 valence electrons. The van der Waals surface area contributed by atoms with Crippen molar-refractivity contribution in [2.75, 3.05) is 0 Å². The lowest BCUT2D eigenvalue weighted by atomic mass is 9.96. The molecule has 0 unspecified atom stereocenters. The Kier molecular flexibility index (Phi) is 3.88. The van der Waals surface area contributed by atoms with Gasteiger partial charge in [0.2, 0.25) is 0 Å². The third kappa shape index (κ3) is 2.95. The quantitative estimate of drug-likeness (QED) is 0.902. The minimum Gasteiger partial charge on any atom is -0.478 e. The lowest BCUT2D eigenvalue weighted by Gasteiger charge is -2.14. The van der Waals surface area contributed by atoms with Gasteiger partial charge in [-0.15, -0.1) is 0 Å². The molecule has 0 aliphatic rings. The molecule has 0 aromatic heterocycles. The maximum Gasteiger partial charge on any atom is 0.335 e. The molecule has 1 atom stereocenters. The van der Waals surface area contributed by atoms with Crippen LogP contribution in [-0.4, -0.2) is 11.1 Å². The maximum atomic E-state index is 11.0. The molecule has 0 heterocycles. The maximum absolute atomic E-state index is 11.0. The van der Waals surface area contributed by atoms with Crippen LogP contribution < -0.4 is 5.73 Å². The Morgan fingerprint density at radius 3 is 2.26 bits per heavy atom. The van der Waals surface area contributed by atoms with E-state index < -0.39 is 5.97 Å². The number of carboxylic acids is 1. The van der Waals surface area contributed by atoms with Gasteiger partial charge in [-0.2, -0.15) is 0 Å². The van der Waals surface area contributed by atoms with Gasteiger partial charge in [-0.25, -0.2) is 4.79 Å². The van der Waals surface area contributed by atoms with E-state index in [0.29, 0.717) is 16.1 Å². The lowest BCUT2D eigenvalue weighted by Crippen LogP contribution is -2.12. The fourth-order valence-electron chi connectivity index (χ4n) is 1.98. The van der Waals surface area contributed by atoms with Crippen molar-refractivity contribution in [2.24, 2.45) is 5.73 Å². The number of carbonyl (C=O) groups is 1. The fraction of sp³-hybridized carbons (Fsp3) is 0.133. The SMILES string of the molecule is Cc1cc([C@H](N)c2ccc(Cl)cc2)ccc1C(=O)O. The Morgan fingerprint density at radius 1 is 1.16 bits per heavy atom. The van der Waals surface area contributed by atoms with E-state index in [0.717, 1.165) is 11.1 Å². The molecule has 3 nitrogen and oxygen atoms in total. The average molecular weight is 276 g/mol. The van der Waals surface area contributed by atoms with Crippen molar-refractivity contribution < 1.29 is 9.90 Å². The van der Waals surface area contributed by atoms with Gasteiger partial charge < -0.3 is 10.8 Å². The predicted octanol–water partition coefficient (Wildman–Crippen LogP) is 3.39. The van der Waals surface area contributed by atoms with Gasteiger partial charge >= 0.3 is 5.97 Å². The van der Waals surface area contributed by atoms with E-state index in [1.165, 1.54) is 0 Å². The van der Waals surface area contributed by atoms with Crippen LogP contribution in [0.5, 0.6) is 0 Å². The number of carboxylic acid groups (broad SMARTS) is 1. The van der Waals surface area contributed by atoms with Crippen molar-refractivity contribution in [3.05, 3.63) is 69.7 Å². The zero-order chi connectivity index (χ0) is 14.0. The highest BCUT2D eigenvalue weighted by molar-refractivity contribution is 6.30. The normalized spacial score (nSPS) is 12.2. The number of aryl methyl sites for hydroxylation is 1. The number of benzene rings is 2. The zero-order valence-corrected chi connectivity index (χ0v) is 11.2. The number of rotatable bonds is 3. The van der Waals surface area contributed by atoms with Crippen LogP contribution in [0, 0.1) is 6.92 Å². The van der Waals surface area contributed by atoms with Gasteiger partial charge in [0.25, 0.3) is 0 Å². The summed E-state index contributed by atoms with van der Waals surface area (Å²) in [6.07, 6.45) is 0. The molecule has 2 aromatic rings. The smallest absolute Gasteiger partial charge is 0.335 e. The van der Waals surface area contributed by atoms with E-state index in [1.54, 1.807) is 31.2 Å². The predicted molar refractivity (Wildman–Crippen MR) is 75.6 cm³/mol. The average Bonchev–Trinajstić information content (AvgIpc) is 2.38. The van der Waals surface area contributed by atoms with Crippen molar-refractivity contribution in [2.45, 2.75) is 13.0 Å². The molecule has 0 fully saturated rings. The van der Waals surface area contributed by atoms with Crippen molar-refractivity contribution >= 4 is 17.6 Å². The first-order valence-corrected chi connectivity index (χ1v) is 6.21. The van der Waals surface area contributed by atoms with Crippen LogP contribution in [0.3, 0.4) is 0 Å². The summed E-state index contributed by atoms with van der Waals surface area (Å²) in [5.41, 5.74) is 8.99. The van der Waals surface area contributed by atoms with E-state index >= 15 is 0 Å². The van der Waals surface area contributed by atoms with Crippen molar-refractivity contribution in [3.8, 4) is 0 Å². The number of aromatic carboxylic acids is 1. The molecule has 19 heavy (non-hydrogen) atoms. The Hall–Kier alpha value is -1.84. The molecule has 0 saturated heterocycles. The van der Waals surface area contributed by atoms with E-state index in [-0.39, 0.29) is 6.04 Å². The van der Waals surface area contributed by atoms with Gasteiger partial charge in [0, 0.05) is 5.02 Å². The highest BCUT2D eigenvalue weighted by atomic mass is 35.5. The molecular formula is C15H14ClNO2. The number of halogens is 1. The van der Waals surface area contributed by atoms with Gasteiger partial charge in [0.05, 0.1) is 11.6 Å². The summed E-state index contributed by atoms with van der Waals surface area (Å²) in [6.45, 7) is 1.77. The molecule has 0 radical (unpaired) electrons. The van der Waals surface area contributed by atoms with Crippen LogP contribution in [-0.2, 0) is 0 Å². The van der Waals surface area contributed by atoms with Crippen molar-refractivity contribution in [1.82, 2.24) is 0 Å². The Labute approximate surface area is 116 Å². The standard InChI is InChI=1S/C15H14ClNO2/c1-9-8-11(4-7-13(9)15(18)19)14(17)10-2-5-12(16)6-3-10/h2-8,14H,17H2,1H3,(H,18,19)/t14-/m1/s1. The second-order valence-electron chi connectivity index (χ2n) is 4.41. The van der Waals surface area contributed by atoms with Crippen molar-refractivity contribution in [3.63, 3.8) is 0 Å². The third-order valence-corrected chi connectivity index (χ3v) is 3.32. The number of nitrogens with two attached hydrogens (primary N) is 1. The van der Waals surface area contributed by atoms with E-state index in [2.05, 4.69) is 0 Å². The molecule has 0 spiro atoms. The molecule has 0 bridgehead atoms. The number of hydrogen-bond acceptors (Lipinski definition) is 2. The fourth-order valence-corrected chi connectivity index (χ4v) is 2.11. The molecule has 2 rings (SSSR count). The monoisotopic (exact) mass is 275 g/mol. The van der Waals surface area contributed by atoms with Crippen LogP contribution in [0.4, 0.5) is 0 Å². The van der Waals surface area contributed by atoms with Gasteiger partial charge in [-0.05, 0) is 41.8 Å². The van der Waals surface area contributed by atoms with E-state index in [1.807, 2.05) is 18.2 Å². The summed E-state index contributed by atoms with van der Waals surface area (Å²) in [5.74, 6) is -0.927. The van der Waals surface area contributed by atoms with E-state index in [4.69, 9.17) is 22.4 Å². The Bertz CT molecular complexity index is 608. The van der Waals surface area contributed by atoms with Crippen LogP contribution in [0.1, 0.15) is 33.1 Å². The molecule has 2 aromatic carbocycles. The second kappa shape index (κ2) is 5.43. The van der Waals surface area contributed by atoms with Gasteiger partial charge in [0.15, 0.2) is 0 Å². The van der Waals surface area contributed by atoms with Gasteiger partial charge in [0.1, 0.15) is 0 Å². The highest BCUT2D eigenvalue weighted by Gasteiger charge is 2.12. The first-order valence-electron chi connectivity index (χ1n) is 5.84. The molecule has 3 N–H and O–H groups in total. The minimum absolute atomic E-state index is 0.293. The summed E-state index contributed by atoms with van der Waals surface area (Å²) in [4.78, 5) is 11.0. The largest absolute Gasteiger partial charge is 0.478 e. The van der Waals surface area contributed by atoms with Gasteiger partial charge in [-0.1, -0.05) is 35.9 Å². The molecular weight excluding hydrogens is 262 g/mol. The molecule has 0 amide bonds. The molecule has 0 aliphatic heterocycles. The van der Waals surface area contributed by atoms with Crippen LogP contribution in [0.15, 0.2) is 42.5 Å². The highest BCUT2D eigenvalue weighted by Crippen LogP contribution is 2.23. The summed E-state index contributed by atoms with van der Waals surface area (Å²) in [7, 11) is 0. The minimum atomic E-state index is -0.927. The Balaban J connectivity index is 2.34. The van der Waals surface area contributed by atoms with Crippen molar-refractivity contribution in [1.29, 1.82) is 0 Å². The molecule has 0 saturated carbocycles. The van der Waals surface area contributed by atoms with Crippen LogP contribution in [0.25, 0.3) is 0 Å². The Morgan fingerprint density at radius 2 is 1.74 bits per heavy atom. The third-order valence-electron chi connectivity index (χ3n) is 3.07. The molecule has 0 aliphatic carbocycles. The summed E-state index contributed by atoms with van der Waals surface area (Å²) in [6, 6.07) is 12.2. The topological polar surface area (TPSA) is 63.3 Å². The molecule has 4 heteroatoms. The van der Waals surface area contributed by atoms with Gasteiger partial charge in [-0.3, -0.25) is 0 Å². The summed E-state index contributed by atoms with van der Waals surface area (Å²) >= 11 is 5.84. The first kappa shape index (κ1) is 13.6. The zero-order valence-electron chi connectivity index (χ0n) is 10.4. The lowest BCUT2D eigenvalue weighted by molar-refractivity contribution is 0.0696. The van der Waals surface area contributed by atoms with Crippen LogP contribution >= 0.6 is 11.6 Å². The van der Waals surface area contributed by atoms with E-state index in [9.17, 15) is 4.79 Å². The van der Waals surface area contributed by atoms with Crippen LogP contribution in [0.2, 0.25) is 5.02 Å². The summed E-state index contributed by atoms with van der Waals surface area (Å²) in [5, 5.41) is 9.66.